The van der Waals surface area contributed by atoms with Crippen LogP contribution >= 0.6 is 24.0 Å². The molecule has 1 amide bonds. The predicted molar refractivity (Wildman–Crippen MR) is 112 cm³/mol. The highest BCUT2D eigenvalue weighted by Crippen LogP contribution is 2.17. The van der Waals surface area contributed by atoms with E-state index in [4.69, 9.17) is 4.74 Å². The topological polar surface area (TPSA) is 66.0 Å². The summed E-state index contributed by atoms with van der Waals surface area (Å²) in [4.78, 5) is 18.0. The minimum absolute atomic E-state index is 0. The lowest BCUT2D eigenvalue weighted by atomic mass is 10.2. The van der Waals surface area contributed by atoms with Crippen molar-refractivity contribution in [1.29, 1.82) is 0 Å². The summed E-state index contributed by atoms with van der Waals surface area (Å²) in [5, 5.41) is 6.59. The lowest BCUT2D eigenvalue weighted by Crippen LogP contribution is -2.46. The Bertz CT molecular complexity index is 555. The van der Waals surface area contributed by atoms with E-state index in [9.17, 15) is 4.79 Å². The quantitative estimate of drug-likeness (QED) is 0.389. The van der Waals surface area contributed by atoms with Crippen molar-refractivity contribution in [2.24, 2.45) is 4.99 Å². The van der Waals surface area contributed by atoms with Crippen LogP contribution in [0.25, 0.3) is 0 Å². The molecule has 25 heavy (non-hydrogen) atoms. The van der Waals surface area contributed by atoms with Crippen LogP contribution in [0.4, 0.5) is 0 Å². The Kier molecular flexibility index (Phi) is 9.62. The lowest BCUT2D eigenvalue weighted by molar-refractivity contribution is -0.127. The van der Waals surface area contributed by atoms with Crippen molar-refractivity contribution in [2.75, 3.05) is 27.7 Å². The van der Waals surface area contributed by atoms with Crippen LogP contribution in [-0.4, -0.2) is 50.6 Å². The number of aliphatic imine (C=N–C) groups is 1. The van der Waals surface area contributed by atoms with Gasteiger partial charge in [-0.1, -0.05) is 25.0 Å². The molecule has 1 saturated carbocycles. The van der Waals surface area contributed by atoms with Crippen LogP contribution in [0.5, 0.6) is 5.75 Å². The maximum Gasteiger partial charge on any atom is 0.241 e. The van der Waals surface area contributed by atoms with Crippen molar-refractivity contribution >= 4 is 35.8 Å². The van der Waals surface area contributed by atoms with E-state index in [-0.39, 0.29) is 36.4 Å². The second-order valence-electron chi connectivity index (χ2n) is 6.28. The van der Waals surface area contributed by atoms with Gasteiger partial charge < -0.3 is 20.3 Å². The number of hydrogen-bond acceptors (Lipinski definition) is 3. The number of ether oxygens (including phenoxy) is 1. The van der Waals surface area contributed by atoms with Gasteiger partial charge in [-0.3, -0.25) is 4.79 Å². The fraction of sp³-hybridized carbons (Fsp3) is 0.556. The molecule has 0 unspecified atom stereocenters. The van der Waals surface area contributed by atoms with Gasteiger partial charge in [0.05, 0.1) is 20.2 Å². The molecule has 0 heterocycles. The van der Waals surface area contributed by atoms with Crippen molar-refractivity contribution in [3.8, 4) is 5.75 Å². The zero-order valence-electron chi connectivity index (χ0n) is 15.2. The summed E-state index contributed by atoms with van der Waals surface area (Å²) in [5.41, 5.74) is 1.10. The molecule has 0 atom stereocenters. The number of guanidine groups is 1. The second-order valence-corrected chi connectivity index (χ2v) is 6.28. The summed E-state index contributed by atoms with van der Waals surface area (Å²) in [6.45, 7) is 0.802. The summed E-state index contributed by atoms with van der Waals surface area (Å²) >= 11 is 0. The first-order valence-electron chi connectivity index (χ1n) is 8.46. The first kappa shape index (κ1) is 21.5. The Balaban J connectivity index is 0.00000312. The molecule has 7 heteroatoms. The van der Waals surface area contributed by atoms with Crippen LogP contribution in [0.15, 0.2) is 29.3 Å². The smallest absolute Gasteiger partial charge is 0.241 e. The third-order valence-electron chi connectivity index (χ3n) is 4.18. The predicted octanol–water partition coefficient (Wildman–Crippen LogP) is 2.38. The van der Waals surface area contributed by atoms with Gasteiger partial charge in [-0.2, -0.15) is 0 Å². The summed E-state index contributed by atoms with van der Waals surface area (Å²) in [5.74, 6) is 1.56. The number of likely N-dealkylation sites (N-methyl/N-ethyl adjacent to an activating group) is 1. The van der Waals surface area contributed by atoms with E-state index < -0.39 is 0 Å². The standard InChI is InChI=1S/C18H28N4O2.HI/c1-22(2)17(23)13-20-18(21-15-6-4-5-7-15)19-12-14-8-10-16(24-3)11-9-14;/h8-11,15H,4-7,12-13H2,1-3H3,(H2,19,20,21);1H. The van der Waals surface area contributed by atoms with E-state index in [1.165, 1.54) is 12.8 Å². The van der Waals surface area contributed by atoms with Crippen LogP contribution in [0.1, 0.15) is 31.2 Å². The Morgan fingerprint density at radius 1 is 1.24 bits per heavy atom. The molecular formula is C18H29IN4O2. The van der Waals surface area contributed by atoms with Crippen molar-refractivity contribution in [1.82, 2.24) is 15.5 Å². The number of carbonyl (C=O) groups is 1. The van der Waals surface area contributed by atoms with E-state index in [1.807, 2.05) is 24.3 Å². The first-order valence-corrected chi connectivity index (χ1v) is 8.46. The Morgan fingerprint density at radius 2 is 1.88 bits per heavy atom. The van der Waals surface area contributed by atoms with Crippen LogP contribution in [0, 0.1) is 0 Å². The molecule has 1 aromatic carbocycles. The average Bonchev–Trinajstić information content (AvgIpc) is 3.10. The fourth-order valence-corrected chi connectivity index (χ4v) is 2.63. The van der Waals surface area contributed by atoms with Gasteiger partial charge >= 0.3 is 0 Å². The van der Waals surface area contributed by atoms with Crippen LogP contribution in [-0.2, 0) is 11.3 Å². The van der Waals surface area contributed by atoms with Crippen LogP contribution < -0.4 is 15.4 Å². The fourth-order valence-electron chi connectivity index (χ4n) is 2.63. The Morgan fingerprint density at radius 3 is 2.44 bits per heavy atom. The zero-order valence-corrected chi connectivity index (χ0v) is 17.6. The normalized spacial score (nSPS) is 14.6. The van der Waals surface area contributed by atoms with Crippen molar-refractivity contribution in [2.45, 2.75) is 38.3 Å². The highest BCUT2D eigenvalue weighted by molar-refractivity contribution is 14.0. The Labute approximate surface area is 167 Å². The number of nitrogens with zero attached hydrogens (tertiary/aromatic N) is 2. The number of carbonyl (C=O) groups excluding carboxylic acids is 1. The molecule has 140 valence electrons. The molecule has 0 radical (unpaired) electrons. The molecule has 1 aliphatic rings. The third kappa shape index (κ3) is 7.50. The monoisotopic (exact) mass is 460 g/mol. The number of halogens is 1. The van der Waals surface area contributed by atoms with Crippen molar-refractivity contribution < 1.29 is 9.53 Å². The van der Waals surface area contributed by atoms with Gasteiger partial charge in [0.1, 0.15) is 5.75 Å². The average molecular weight is 460 g/mol. The molecule has 0 aliphatic heterocycles. The molecule has 0 saturated heterocycles. The second kappa shape index (κ2) is 11.2. The molecule has 0 bridgehead atoms. The van der Waals surface area contributed by atoms with E-state index in [0.29, 0.717) is 18.5 Å². The molecular weight excluding hydrogens is 431 g/mol. The van der Waals surface area contributed by atoms with Gasteiger partial charge in [-0.25, -0.2) is 4.99 Å². The summed E-state index contributed by atoms with van der Waals surface area (Å²) in [6.07, 6.45) is 4.82. The van der Waals surface area contributed by atoms with Gasteiger partial charge in [0.2, 0.25) is 5.91 Å². The molecule has 6 nitrogen and oxygen atoms in total. The molecule has 2 rings (SSSR count). The number of nitrogens with one attached hydrogen (secondary N) is 2. The maximum atomic E-state index is 11.8. The van der Waals surface area contributed by atoms with E-state index in [0.717, 1.165) is 24.2 Å². The lowest BCUT2D eigenvalue weighted by Gasteiger charge is -2.18. The molecule has 1 aliphatic carbocycles. The minimum atomic E-state index is 0. The molecule has 1 aromatic rings. The number of benzene rings is 1. The van der Waals surface area contributed by atoms with Gasteiger partial charge in [0, 0.05) is 20.1 Å². The molecule has 2 N–H and O–H groups in total. The summed E-state index contributed by atoms with van der Waals surface area (Å²) in [6, 6.07) is 8.30. The van der Waals surface area contributed by atoms with Crippen molar-refractivity contribution in [3.63, 3.8) is 0 Å². The van der Waals surface area contributed by atoms with Crippen molar-refractivity contribution in [3.05, 3.63) is 29.8 Å². The van der Waals surface area contributed by atoms with Gasteiger partial charge in [-0.15, -0.1) is 24.0 Å². The SMILES string of the molecule is COc1ccc(CN=C(NCC(=O)N(C)C)NC2CCCC2)cc1.I. The number of methoxy groups -OCH3 is 1. The van der Waals surface area contributed by atoms with Crippen LogP contribution in [0.2, 0.25) is 0 Å². The first-order chi connectivity index (χ1) is 11.6. The molecule has 1 fully saturated rings. The molecule has 0 spiro atoms. The highest BCUT2D eigenvalue weighted by Gasteiger charge is 2.16. The van der Waals surface area contributed by atoms with E-state index in [1.54, 1.807) is 26.1 Å². The van der Waals surface area contributed by atoms with Crippen LogP contribution in [0.3, 0.4) is 0 Å². The summed E-state index contributed by atoms with van der Waals surface area (Å²) in [7, 11) is 5.16. The highest BCUT2D eigenvalue weighted by atomic mass is 127. The third-order valence-corrected chi connectivity index (χ3v) is 4.18. The number of amides is 1. The van der Waals surface area contributed by atoms with E-state index >= 15 is 0 Å². The largest absolute Gasteiger partial charge is 0.497 e. The summed E-state index contributed by atoms with van der Waals surface area (Å²) < 4.78 is 5.17. The molecule has 0 aromatic heterocycles. The zero-order chi connectivity index (χ0) is 17.4. The Hall–Kier alpha value is -1.51. The van der Waals surface area contributed by atoms with Gasteiger partial charge in [-0.05, 0) is 30.5 Å². The van der Waals surface area contributed by atoms with Gasteiger partial charge in [0.15, 0.2) is 5.96 Å². The maximum absolute atomic E-state index is 11.8. The minimum Gasteiger partial charge on any atom is -0.497 e. The van der Waals surface area contributed by atoms with E-state index in [2.05, 4.69) is 15.6 Å². The number of rotatable bonds is 6. The van der Waals surface area contributed by atoms with Gasteiger partial charge in [0.25, 0.3) is 0 Å². The number of hydrogen-bond donors (Lipinski definition) is 2.